The Hall–Kier alpha value is -0.870. The monoisotopic (exact) mass is 269 g/mol. The van der Waals surface area contributed by atoms with E-state index in [4.69, 9.17) is 11.6 Å². The summed E-state index contributed by atoms with van der Waals surface area (Å²) in [7, 11) is 1.86. The molecule has 0 aliphatic carbocycles. The summed E-state index contributed by atoms with van der Waals surface area (Å²) in [5, 5.41) is 8.29. The van der Waals surface area contributed by atoms with Crippen LogP contribution in [0.5, 0.6) is 0 Å². The van der Waals surface area contributed by atoms with E-state index in [1.807, 2.05) is 14.0 Å². The summed E-state index contributed by atoms with van der Waals surface area (Å²) in [6, 6.07) is 0. The Morgan fingerprint density at radius 3 is 2.72 bits per heavy atom. The first-order valence-corrected chi connectivity index (χ1v) is 6.95. The highest BCUT2D eigenvalue weighted by Crippen LogP contribution is 2.23. The zero-order valence-electron chi connectivity index (χ0n) is 11.0. The summed E-state index contributed by atoms with van der Waals surface area (Å²) in [5.41, 5.74) is 1.74. The first-order valence-electron chi connectivity index (χ1n) is 6.57. The van der Waals surface area contributed by atoms with E-state index >= 15 is 0 Å². The molecule has 1 saturated heterocycles. The van der Waals surface area contributed by atoms with E-state index in [0.717, 1.165) is 43.7 Å². The molecule has 0 aromatic carbocycles. The van der Waals surface area contributed by atoms with Crippen molar-refractivity contribution in [1.82, 2.24) is 15.1 Å². The summed E-state index contributed by atoms with van der Waals surface area (Å²) in [5.74, 6) is 0.478. The Bertz CT molecular complexity index is 436. The average Bonchev–Trinajstić information content (AvgIpc) is 2.67. The van der Waals surface area contributed by atoms with Crippen LogP contribution in [0.4, 0.5) is 0 Å². The van der Waals surface area contributed by atoms with Gasteiger partial charge in [-0.1, -0.05) is 18.5 Å². The molecular weight excluding hydrogens is 250 g/mol. The molecule has 1 aromatic rings. The topological polar surface area (TPSA) is 46.9 Å². The third kappa shape index (κ3) is 2.75. The quantitative estimate of drug-likeness (QED) is 0.906. The third-order valence-corrected chi connectivity index (χ3v) is 4.08. The van der Waals surface area contributed by atoms with Gasteiger partial charge in [-0.3, -0.25) is 9.48 Å². The minimum atomic E-state index is 0.183. The second-order valence-corrected chi connectivity index (χ2v) is 5.23. The van der Waals surface area contributed by atoms with Crippen molar-refractivity contribution >= 4 is 17.4 Å². The van der Waals surface area contributed by atoms with Gasteiger partial charge in [-0.15, -0.1) is 0 Å². The molecular formula is C13H20ClN3O. The number of carbonyl (C=O) groups excluding carboxylic acids is 1. The van der Waals surface area contributed by atoms with Gasteiger partial charge in [0.05, 0.1) is 22.8 Å². The molecule has 1 N–H and O–H groups in total. The van der Waals surface area contributed by atoms with Crippen LogP contribution in [0.25, 0.3) is 0 Å². The van der Waals surface area contributed by atoms with E-state index in [-0.39, 0.29) is 5.92 Å². The molecule has 100 valence electrons. The number of Topliss-reactive ketones (excluding diaryl/α,β-unsaturated/α-hetero) is 1. The van der Waals surface area contributed by atoms with Crippen molar-refractivity contribution in [2.24, 2.45) is 13.0 Å². The number of halogens is 1. The number of piperidine rings is 1. The van der Waals surface area contributed by atoms with E-state index in [0.29, 0.717) is 17.2 Å². The van der Waals surface area contributed by atoms with Gasteiger partial charge in [0, 0.05) is 13.0 Å². The molecule has 4 nitrogen and oxygen atoms in total. The molecule has 0 unspecified atom stereocenters. The van der Waals surface area contributed by atoms with E-state index < -0.39 is 0 Å². The fourth-order valence-electron chi connectivity index (χ4n) is 2.47. The molecule has 1 aliphatic heterocycles. The van der Waals surface area contributed by atoms with Gasteiger partial charge >= 0.3 is 0 Å². The molecule has 0 spiro atoms. The van der Waals surface area contributed by atoms with Crippen molar-refractivity contribution in [1.29, 1.82) is 0 Å². The molecule has 1 fully saturated rings. The van der Waals surface area contributed by atoms with Gasteiger partial charge in [0.25, 0.3) is 0 Å². The predicted octanol–water partition coefficient (Wildman–Crippen LogP) is 1.75. The van der Waals surface area contributed by atoms with E-state index in [9.17, 15) is 4.79 Å². The van der Waals surface area contributed by atoms with Gasteiger partial charge in [0.15, 0.2) is 0 Å². The minimum Gasteiger partial charge on any atom is -0.317 e. The van der Waals surface area contributed by atoms with E-state index in [1.54, 1.807) is 4.68 Å². The molecule has 0 amide bonds. The van der Waals surface area contributed by atoms with Gasteiger partial charge in [-0.25, -0.2) is 0 Å². The van der Waals surface area contributed by atoms with Gasteiger partial charge in [0.2, 0.25) is 0 Å². The van der Waals surface area contributed by atoms with Crippen molar-refractivity contribution in [3.63, 3.8) is 0 Å². The molecule has 5 heteroatoms. The number of carbonyl (C=O) groups is 1. The van der Waals surface area contributed by atoms with Gasteiger partial charge in [0.1, 0.15) is 5.78 Å². The predicted molar refractivity (Wildman–Crippen MR) is 71.9 cm³/mol. The van der Waals surface area contributed by atoms with Crippen LogP contribution in [0.3, 0.4) is 0 Å². The summed E-state index contributed by atoms with van der Waals surface area (Å²) >= 11 is 6.26. The highest BCUT2D eigenvalue weighted by molar-refractivity contribution is 6.32. The molecule has 2 heterocycles. The summed E-state index contributed by atoms with van der Waals surface area (Å²) in [4.78, 5) is 12.2. The molecule has 0 bridgehead atoms. The number of nitrogens with zero attached hydrogens (tertiary/aromatic N) is 2. The summed E-state index contributed by atoms with van der Waals surface area (Å²) in [6.07, 6.45) is 3.09. The third-order valence-electron chi connectivity index (χ3n) is 3.64. The second kappa shape index (κ2) is 5.85. The lowest BCUT2D eigenvalue weighted by Gasteiger charge is -2.21. The Morgan fingerprint density at radius 2 is 2.17 bits per heavy atom. The smallest absolute Gasteiger partial charge is 0.142 e. The van der Waals surface area contributed by atoms with Crippen molar-refractivity contribution in [2.45, 2.75) is 32.6 Å². The molecule has 1 aliphatic rings. The van der Waals surface area contributed by atoms with Crippen LogP contribution in [0.1, 0.15) is 31.2 Å². The largest absolute Gasteiger partial charge is 0.317 e. The molecule has 1 aromatic heterocycles. The van der Waals surface area contributed by atoms with E-state index in [1.165, 1.54) is 0 Å². The first kappa shape index (κ1) is 13.6. The number of aromatic nitrogens is 2. The van der Waals surface area contributed by atoms with Crippen LogP contribution in [-0.2, 0) is 24.7 Å². The fraction of sp³-hybridized carbons (Fsp3) is 0.692. The average molecular weight is 270 g/mol. The SMILES string of the molecule is CCc1nn(C)c(CC(=O)C2CCNCC2)c1Cl. The fourth-order valence-corrected chi connectivity index (χ4v) is 2.83. The Morgan fingerprint density at radius 1 is 1.50 bits per heavy atom. The Kier molecular flexibility index (Phi) is 4.40. The van der Waals surface area contributed by atoms with Crippen molar-refractivity contribution in [3.8, 4) is 0 Å². The van der Waals surface area contributed by atoms with Crippen molar-refractivity contribution in [3.05, 3.63) is 16.4 Å². The first-order chi connectivity index (χ1) is 8.63. The highest BCUT2D eigenvalue weighted by atomic mass is 35.5. The zero-order valence-corrected chi connectivity index (χ0v) is 11.8. The maximum Gasteiger partial charge on any atom is 0.142 e. The summed E-state index contributed by atoms with van der Waals surface area (Å²) in [6.45, 7) is 3.90. The van der Waals surface area contributed by atoms with Crippen LogP contribution in [0.2, 0.25) is 5.02 Å². The molecule has 0 atom stereocenters. The lowest BCUT2D eigenvalue weighted by molar-refractivity contribution is -0.123. The van der Waals surface area contributed by atoms with Crippen molar-refractivity contribution in [2.75, 3.05) is 13.1 Å². The Balaban J connectivity index is 2.08. The normalized spacial score (nSPS) is 17.1. The lowest BCUT2D eigenvalue weighted by atomic mass is 9.91. The standard InChI is InChI=1S/C13H20ClN3O/c1-3-10-13(14)11(17(2)16-10)8-12(18)9-4-6-15-7-5-9/h9,15H,3-8H2,1-2H3. The van der Waals surface area contributed by atoms with E-state index in [2.05, 4.69) is 10.4 Å². The van der Waals surface area contributed by atoms with Gasteiger partial charge in [-0.05, 0) is 32.4 Å². The Labute approximate surface area is 113 Å². The van der Waals surface area contributed by atoms with Gasteiger partial charge < -0.3 is 5.32 Å². The number of rotatable bonds is 4. The second-order valence-electron chi connectivity index (χ2n) is 4.85. The number of hydrogen-bond donors (Lipinski definition) is 1. The number of aryl methyl sites for hydroxylation is 2. The highest BCUT2D eigenvalue weighted by Gasteiger charge is 2.23. The minimum absolute atomic E-state index is 0.183. The number of hydrogen-bond acceptors (Lipinski definition) is 3. The lowest BCUT2D eigenvalue weighted by Crippen LogP contribution is -2.32. The van der Waals surface area contributed by atoms with Crippen LogP contribution in [0.15, 0.2) is 0 Å². The molecule has 0 saturated carbocycles. The zero-order chi connectivity index (χ0) is 13.1. The molecule has 18 heavy (non-hydrogen) atoms. The summed E-state index contributed by atoms with van der Waals surface area (Å²) < 4.78 is 1.75. The van der Waals surface area contributed by atoms with Gasteiger partial charge in [-0.2, -0.15) is 5.10 Å². The molecule has 0 radical (unpaired) electrons. The maximum absolute atomic E-state index is 12.2. The van der Waals surface area contributed by atoms with Crippen LogP contribution in [-0.4, -0.2) is 28.7 Å². The molecule has 2 rings (SSSR count). The van der Waals surface area contributed by atoms with Crippen LogP contribution >= 0.6 is 11.6 Å². The van der Waals surface area contributed by atoms with Crippen LogP contribution in [0, 0.1) is 5.92 Å². The maximum atomic E-state index is 12.2. The number of ketones is 1. The van der Waals surface area contributed by atoms with Crippen molar-refractivity contribution < 1.29 is 4.79 Å². The number of nitrogens with one attached hydrogen (secondary N) is 1. The van der Waals surface area contributed by atoms with Crippen LogP contribution < -0.4 is 5.32 Å².